The Morgan fingerprint density at radius 2 is 0.600 bits per heavy atom. The molecule has 0 unspecified atom stereocenters. The fourth-order valence-corrected chi connectivity index (χ4v) is 5.17. The molecule has 0 saturated heterocycles. The summed E-state index contributed by atoms with van der Waals surface area (Å²) < 4.78 is 2.34. The van der Waals surface area contributed by atoms with Gasteiger partial charge in [0.15, 0.2) is 0 Å². The minimum atomic E-state index is 1.16. The Bertz CT molecular complexity index is 381. The highest BCUT2D eigenvalue weighted by Crippen LogP contribution is 2.13. The molecule has 0 fully saturated rings. The molecule has 0 heterocycles. The number of unbranched alkanes of at least 4 members (excludes halogenated alkanes) is 18. The first kappa shape index (κ1) is 34.9. The Hall–Kier alpha value is -0.120. The molecule has 35 heavy (non-hydrogen) atoms. The van der Waals surface area contributed by atoms with Crippen molar-refractivity contribution in [1.29, 1.82) is 0 Å². The van der Waals surface area contributed by atoms with Crippen molar-refractivity contribution in [3.05, 3.63) is 0 Å². The van der Waals surface area contributed by atoms with Crippen LogP contribution in [0.1, 0.15) is 142 Å². The molecule has 3 nitrogen and oxygen atoms in total. The number of hydrogen-bond acceptors (Lipinski definition) is 1. The Morgan fingerprint density at radius 1 is 0.343 bits per heavy atom. The van der Waals surface area contributed by atoms with Crippen LogP contribution in [0.2, 0.25) is 0 Å². The average Bonchev–Trinajstić information content (AvgIpc) is 2.81. The van der Waals surface area contributed by atoms with Gasteiger partial charge in [-0.1, -0.05) is 117 Å². The molecule has 0 aliphatic rings. The summed E-state index contributed by atoms with van der Waals surface area (Å²) in [6.07, 6.45) is 28.7. The minimum absolute atomic E-state index is 1.16. The first-order valence-corrected chi connectivity index (χ1v) is 16.2. The van der Waals surface area contributed by atoms with E-state index in [1.165, 1.54) is 164 Å². The quantitative estimate of drug-likeness (QED) is 0.0843. The standard InChI is InChI=1S/C32H71N3/c1-7-9-11-13-15-17-19-21-23-25-29-34(3,4)31-27-33-28-32-35(5,6)30-26-24-22-20-18-16-14-12-10-8-2/h33H,7-32H2,1-6H3/q+2. The van der Waals surface area contributed by atoms with Crippen LogP contribution in [0.15, 0.2) is 0 Å². The number of likely N-dealkylation sites (N-methyl/N-ethyl adjacent to an activating group) is 2. The molecule has 0 aromatic heterocycles. The van der Waals surface area contributed by atoms with Gasteiger partial charge >= 0.3 is 0 Å². The van der Waals surface area contributed by atoms with E-state index in [1.54, 1.807) is 0 Å². The van der Waals surface area contributed by atoms with Gasteiger partial charge < -0.3 is 14.3 Å². The molecule has 0 saturated carbocycles. The third-order valence-electron chi connectivity index (χ3n) is 8.02. The van der Waals surface area contributed by atoms with Gasteiger partial charge in [-0.05, 0) is 25.7 Å². The van der Waals surface area contributed by atoms with E-state index in [2.05, 4.69) is 47.4 Å². The van der Waals surface area contributed by atoms with Crippen LogP contribution in [0.4, 0.5) is 0 Å². The molecular weight excluding hydrogens is 426 g/mol. The molecule has 0 amide bonds. The van der Waals surface area contributed by atoms with Gasteiger partial charge in [0.1, 0.15) is 0 Å². The number of nitrogens with one attached hydrogen (secondary N) is 1. The summed E-state index contributed by atoms with van der Waals surface area (Å²) in [6.45, 7) is 12.1. The number of quaternary nitrogens is 2. The molecule has 0 spiro atoms. The molecular formula is C32H71N3+2. The molecule has 0 aromatic carbocycles. The summed E-state index contributed by atoms with van der Waals surface area (Å²) in [4.78, 5) is 0. The fraction of sp³-hybridized carbons (Fsp3) is 1.00. The summed E-state index contributed by atoms with van der Waals surface area (Å²) >= 11 is 0. The van der Waals surface area contributed by atoms with Gasteiger partial charge in [-0.3, -0.25) is 0 Å². The zero-order valence-electron chi connectivity index (χ0n) is 25.8. The van der Waals surface area contributed by atoms with E-state index in [0.717, 1.165) is 13.1 Å². The monoisotopic (exact) mass is 498 g/mol. The number of nitrogens with zero attached hydrogens (tertiary/aromatic N) is 2. The molecule has 0 rings (SSSR count). The largest absolute Gasteiger partial charge is 0.327 e. The van der Waals surface area contributed by atoms with Crippen LogP contribution in [0.3, 0.4) is 0 Å². The van der Waals surface area contributed by atoms with E-state index in [9.17, 15) is 0 Å². The predicted molar refractivity (Wildman–Crippen MR) is 160 cm³/mol. The van der Waals surface area contributed by atoms with Crippen LogP contribution in [0, 0.1) is 0 Å². The van der Waals surface area contributed by atoms with Gasteiger partial charge in [-0.2, -0.15) is 0 Å². The van der Waals surface area contributed by atoms with Gasteiger partial charge in [0, 0.05) is 13.1 Å². The van der Waals surface area contributed by atoms with Crippen molar-refractivity contribution < 1.29 is 8.97 Å². The van der Waals surface area contributed by atoms with Crippen LogP contribution >= 0.6 is 0 Å². The van der Waals surface area contributed by atoms with E-state index in [-0.39, 0.29) is 0 Å². The molecule has 0 bridgehead atoms. The van der Waals surface area contributed by atoms with Gasteiger partial charge in [-0.25, -0.2) is 0 Å². The molecule has 212 valence electrons. The third kappa shape index (κ3) is 26.7. The molecule has 0 aliphatic heterocycles. The van der Waals surface area contributed by atoms with Gasteiger partial charge in [0.2, 0.25) is 0 Å². The van der Waals surface area contributed by atoms with Crippen LogP contribution in [0.5, 0.6) is 0 Å². The van der Waals surface area contributed by atoms with Crippen molar-refractivity contribution in [3.63, 3.8) is 0 Å². The normalized spacial score (nSPS) is 12.5. The van der Waals surface area contributed by atoms with Crippen molar-refractivity contribution in [3.8, 4) is 0 Å². The highest BCUT2D eigenvalue weighted by molar-refractivity contribution is 4.51. The van der Waals surface area contributed by atoms with Crippen molar-refractivity contribution in [1.82, 2.24) is 5.32 Å². The van der Waals surface area contributed by atoms with E-state index in [4.69, 9.17) is 0 Å². The Morgan fingerprint density at radius 3 is 0.886 bits per heavy atom. The van der Waals surface area contributed by atoms with E-state index in [0.29, 0.717) is 0 Å². The summed E-state index contributed by atoms with van der Waals surface area (Å²) in [5.74, 6) is 0. The van der Waals surface area contributed by atoms with Gasteiger partial charge in [-0.15, -0.1) is 0 Å². The first-order valence-electron chi connectivity index (χ1n) is 16.2. The fourth-order valence-electron chi connectivity index (χ4n) is 5.17. The lowest BCUT2D eigenvalue weighted by molar-refractivity contribution is -0.891. The van der Waals surface area contributed by atoms with E-state index < -0.39 is 0 Å². The second-order valence-corrected chi connectivity index (χ2v) is 12.9. The lowest BCUT2D eigenvalue weighted by atomic mass is 10.1. The molecule has 0 aliphatic carbocycles. The lowest BCUT2D eigenvalue weighted by Gasteiger charge is -2.31. The maximum atomic E-state index is 3.74. The molecule has 1 N–H and O–H groups in total. The summed E-state index contributed by atoms with van der Waals surface area (Å²) in [5.41, 5.74) is 0. The zero-order chi connectivity index (χ0) is 26.1. The molecule has 0 radical (unpaired) electrons. The Kier molecular flexibility index (Phi) is 24.1. The van der Waals surface area contributed by atoms with E-state index in [1.807, 2.05) is 0 Å². The highest BCUT2D eigenvalue weighted by Gasteiger charge is 2.16. The van der Waals surface area contributed by atoms with Crippen molar-refractivity contribution >= 4 is 0 Å². The Labute approximate surface area is 224 Å². The maximum Gasteiger partial charge on any atom is 0.0909 e. The van der Waals surface area contributed by atoms with Gasteiger partial charge in [0.05, 0.1) is 54.4 Å². The molecule has 0 atom stereocenters. The minimum Gasteiger partial charge on any atom is -0.327 e. The summed E-state index contributed by atoms with van der Waals surface area (Å²) in [7, 11) is 9.67. The second-order valence-electron chi connectivity index (χ2n) is 12.9. The van der Waals surface area contributed by atoms with Crippen molar-refractivity contribution in [2.75, 3.05) is 67.5 Å². The maximum absolute atomic E-state index is 3.74. The number of hydrogen-bond donors (Lipinski definition) is 1. The summed E-state index contributed by atoms with van der Waals surface area (Å²) in [5, 5.41) is 3.74. The van der Waals surface area contributed by atoms with Crippen LogP contribution < -0.4 is 5.32 Å². The lowest BCUT2D eigenvalue weighted by Crippen LogP contribution is -2.48. The average molecular weight is 498 g/mol. The van der Waals surface area contributed by atoms with Gasteiger partial charge in [0.25, 0.3) is 0 Å². The summed E-state index contributed by atoms with van der Waals surface area (Å²) in [6, 6.07) is 0. The van der Waals surface area contributed by atoms with Crippen LogP contribution in [-0.2, 0) is 0 Å². The SMILES string of the molecule is CCCCCCCCCCCC[N+](C)(C)CCNCC[N+](C)(C)CCCCCCCCCCCC. The predicted octanol–water partition coefficient (Wildman–Crippen LogP) is 8.57. The second kappa shape index (κ2) is 24.2. The van der Waals surface area contributed by atoms with Crippen LogP contribution in [-0.4, -0.2) is 76.4 Å². The number of rotatable bonds is 28. The molecule has 0 aromatic rings. The van der Waals surface area contributed by atoms with E-state index >= 15 is 0 Å². The topological polar surface area (TPSA) is 12.0 Å². The smallest absolute Gasteiger partial charge is 0.0909 e. The van der Waals surface area contributed by atoms with Crippen molar-refractivity contribution in [2.45, 2.75) is 142 Å². The zero-order valence-corrected chi connectivity index (χ0v) is 25.8. The van der Waals surface area contributed by atoms with Crippen LogP contribution in [0.25, 0.3) is 0 Å². The first-order chi connectivity index (χ1) is 16.8. The Balaban J connectivity index is 3.55. The highest BCUT2D eigenvalue weighted by atomic mass is 15.3. The van der Waals surface area contributed by atoms with Crippen molar-refractivity contribution in [2.24, 2.45) is 0 Å². The third-order valence-corrected chi connectivity index (χ3v) is 8.02. The molecule has 3 heteroatoms.